The van der Waals surface area contributed by atoms with Crippen LogP contribution in [0.4, 0.5) is 5.69 Å². The molecular weight excluding hydrogens is 393 g/mol. The number of carbonyl (C=O) groups excluding carboxylic acids is 2. The number of esters is 1. The van der Waals surface area contributed by atoms with Crippen LogP contribution in [-0.4, -0.2) is 28.2 Å². The van der Waals surface area contributed by atoms with Crippen LogP contribution in [0.3, 0.4) is 0 Å². The van der Waals surface area contributed by atoms with Gasteiger partial charge < -0.3 is 14.5 Å². The largest absolute Gasteiger partial charge is 0.449 e. The van der Waals surface area contributed by atoms with Crippen molar-refractivity contribution in [2.45, 2.75) is 13.0 Å². The van der Waals surface area contributed by atoms with Gasteiger partial charge in [0.15, 0.2) is 6.10 Å². The van der Waals surface area contributed by atoms with E-state index in [4.69, 9.17) is 32.4 Å². The number of para-hydroxylation sites is 1. The van der Waals surface area contributed by atoms with Crippen LogP contribution < -0.4 is 5.32 Å². The van der Waals surface area contributed by atoms with Gasteiger partial charge in [0.2, 0.25) is 12.3 Å². The summed E-state index contributed by atoms with van der Waals surface area (Å²) in [5.74, 6) is -0.875. The van der Waals surface area contributed by atoms with E-state index in [9.17, 15) is 9.59 Å². The Labute approximate surface area is 164 Å². The number of carbonyl (C=O) groups is 2. The van der Waals surface area contributed by atoms with Gasteiger partial charge in [-0.3, -0.25) is 4.79 Å². The predicted molar refractivity (Wildman–Crippen MR) is 99.7 cm³/mol. The van der Waals surface area contributed by atoms with Crippen LogP contribution in [-0.2, 0) is 9.53 Å². The fourth-order valence-electron chi connectivity index (χ4n) is 2.17. The highest BCUT2D eigenvalue weighted by Crippen LogP contribution is 2.30. The lowest BCUT2D eigenvalue weighted by molar-refractivity contribution is -0.123. The maximum Gasteiger partial charge on any atom is 0.338 e. The average molecular weight is 406 g/mol. The molecule has 2 aromatic carbocycles. The van der Waals surface area contributed by atoms with E-state index in [0.717, 1.165) is 0 Å². The van der Waals surface area contributed by atoms with Gasteiger partial charge in [-0.05, 0) is 43.3 Å². The summed E-state index contributed by atoms with van der Waals surface area (Å²) >= 11 is 12.0. The third kappa shape index (κ3) is 4.45. The summed E-state index contributed by atoms with van der Waals surface area (Å²) in [4.78, 5) is 24.5. The van der Waals surface area contributed by atoms with Gasteiger partial charge in [-0.15, -0.1) is 10.2 Å². The number of rotatable bonds is 5. The molecule has 0 fully saturated rings. The molecule has 1 aromatic heterocycles. The second-order valence-corrected chi connectivity index (χ2v) is 6.27. The Kier molecular flexibility index (Phi) is 5.73. The molecule has 0 radical (unpaired) electrons. The molecule has 3 rings (SSSR count). The minimum Gasteiger partial charge on any atom is -0.449 e. The van der Waals surface area contributed by atoms with Gasteiger partial charge in [0.05, 0.1) is 21.3 Å². The van der Waals surface area contributed by atoms with Gasteiger partial charge in [-0.25, -0.2) is 4.79 Å². The van der Waals surface area contributed by atoms with Gasteiger partial charge in [0, 0.05) is 5.56 Å². The Bertz CT molecular complexity index is 939. The van der Waals surface area contributed by atoms with E-state index in [1.165, 1.54) is 25.5 Å². The average Bonchev–Trinajstić information content (AvgIpc) is 3.19. The van der Waals surface area contributed by atoms with Crippen molar-refractivity contribution < 1.29 is 18.7 Å². The van der Waals surface area contributed by atoms with E-state index < -0.39 is 18.0 Å². The van der Waals surface area contributed by atoms with Crippen LogP contribution in [0.15, 0.2) is 53.3 Å². The van der Waals surface area contributed by atoms with Crippen LogP contribution in [0.1, 0.15) is 17.3 Å². The summed E-state index contributed by atoms with van der Waals surface area (Å²) in [5.41, 5.74) is 1.19. The smallest absolute Gasteiger partial charge is 0.338 e. The van der Waals surface area contributed by atoms with E-state index in [1.54, 1.807) is 30.3 Å². The zero-order valence-corrected chi connectivity index (χ0v) is 15.5. The van der Waals surface area contributed by atoms with Crippen molar-refractivity contribution in [3.05, 3.63) is 64.5 Å². The Morgan fingerprint density at radius 2 is 1.78 bits per heavy atom. The Morgan fingerprint density at radius 1 is 1.11 bits per heavy atom. The summed E-state index contributed by atoms with van der Waals surface area (Å²) in [6.45, 7) is 1.45. The fraction of sp³-hybridized carbons (Fsp3) is 0.111. The number of nitrogens with zero attached hydrogens (tertiary/aromatic N) is 2. The Balaban J connectivity index is 1.64. The third-order valence-electron chi connectivity index (χ3n) is 3.59. The SMILES string of the molecule is C[C@@H](OC(=O)c1ccc(-c2nnco2)cc1)C(=O)Nc1c(Cl)cccc1Cl. The van der Waals surface area contributed by atoms with Crippen molar-refractivity contribution in [3.8, 4) is 11.5 Å². The first kappa shape index (κ1) is 18.9. The molecule has 1 atom stereocenters. The first-order valence-corrected chi connectivity index (χ1v) is 8.54. The van der Waals surface area contributed by atoms with E-state index in [0.29, 0.717) is 11.5 Å². The van der Waals surface area contributed by atoms with E-state index in [1.807, 2.05) is 0 Å². The van der Waals surface area contributed by atoms with Gasteiger partial charge in [-0.1, -0.05) is 29.3 Å². The molecule has 27 heavy (non-hydrogen) atoms. The molecule has 1 N–H and O–H groups in total. The van der Waals surface area contributed by atoms with Crippen molar-refractivity contribution in [1.82, 2.24) is 10.2 Å². The highest BCUT2D eigenvalue weighted by Gasteiger charge is 2.21. The number of anilines is 1. The molecule has 3 aromatic rings. The molecule has 0 spiro atoms. The predicted octanol–water partition coefficient (Wildman–Crippen LogP) is 4.23. The number of amides is 1. The third-order valence-corrected chi connectivity index (χ3v) is 4.22. The molecule has 0 unspecified atom stereocenters. The second kappa shape index (κ2) is 8.20. The number of nitrogens with one attached hydrogen (secondary N) is 1. The highest BCUT2D eigenvalue weighted by molar-refractivity contribution is 6.39. The molecule has 0 bridgehead atoms. The van der Waals surface area contributed by atoms with Crippen molar-refractivity contribution in [2.24, 2.45) is 0 Å². The molecule has 0 saturated heterocycles. The number of halogens is 2. The number of hydrogen-bond donors (Lipinski definition) is 1. The Morgan fingerprint density at radius 3 is 2.37 bits per heavy atom. The molecule has 7 nitrogen and oxygen atoms in total. The molecule has 0 aliphatic heterocycles. The maximum atomic E-state index is 12.3. The van der Waals surface area contributed by atoms with Gasteiger partial charge in [-0.2, -0.15) is 0 Å². The lowest BCUT2D eigenvalue weighted by Crippen LogP contribution is -2.30. The topological polar surface area (TPSA) is 94.3 Å². The zero-order chi connectivity index (χ0) is 19.4. The molecular formula is C18H13Cl2N3O4. The minimum atomic E-state index is -1.06. The van der Waals surface area contributed by atoms with Crippen LogP contribution in [0.25, 0.3) is 11.5 Å². The van der Waals surface area contributed by atoms with Crippen LogP contribution >= 0.6 is 23.2 Å². The standard InChI is InChI=1S/C18H13Cl2N3O4/c1-10(16(24)22-15-13(19)3-2-4-14(15)20)27-18(25)12-7-5-11(6-8-12)17-23-21-9-26-17/h2-10H,1H3,(H,22,24)/t10-/m1/s1. The quantitative estimate of drug-likeness (QED) is 0.638. The van der Waals surface area contributed by atoms with E-state index in [-0.39, 0.29) is 21.3 Å². The summed E-state index contributed by atoms with van der Waals surface area (Å²) in [6.07, 6.45) is 0.156. The molecule has 0 aliphatic carbocycles. The summed E-state index contributed by atoms with van der Waals surface area (Å²) < 4.78 is 10.3. The number of ether oxygens (including phenoxy) is 1. The summed E-state index contributed by atoms with van der Waals surface area (Å²) in [5, 5.41) is 10.5. The van der Waals surface area contributed by atoms with Crippen LogP contribution in [0.5, 0.6) is 0 Å². The van der Waals surface area contributed by atoms with Crippen molar-refractivity contribution in [3.63, 3.8) is 0 Å². The lowest BCUT2D eigenvalue weighted by atomic mass is 10.1. The number of aromatic nitrogens is 2. The lowest BCUT2D eigenvalue weighted by Gasteiger charge is -2.15. The number of hydrogen-bond acceptors (Lipinski definition) is 6. The molecule has 0 aliphatic rings. The molecule has 1 amide bonds. The highest BCUT2D eigenvalue weighted by atomic mass is 35.5. The monoisotopic (exact) mass is 405 g/mol. The van der Waals surface area contributed by atoms with Crippen molar-refractivity contribution in [1.29, 1.82) is 0 Å². The van der Waals surface area contributed by atoms with E-state index in [2.05, 4.69) is 15.5 Å². The van der Waals surface area contributed by atoms with Crippen LogP contribution in [0, 0.1) is 0 Å². The first-order chi connectivity index (χ1) is 13.0. The molecule has 138 valence electrons. The van der Waals surface area contributed by atoms with Gasteiger partial charge in [0.25, 0.3) is 5.91 Å². The normalized spacial score (nSPS) is 11.7. The van der Waals surface area contributed by atoms with Gasteiger partial charge >= 0.3 is 5.97 Å². The summed E-state index contributed by atoms with van der Waals surface area (Å²) in [7, 11) is 0. The first-order valence-electron chi connectivity index (χ1n) is 7.78. The van der Waals surface area contributed by atoms with Crippen molar-refractivity contribution in [2.75, 3.05) is 5.32 Å². The molecule has 9 heteroatoms. The maximum absolute atomic E-state index is 12.3. The molecule has 1 heterocycles. The van der Waals surface area contributed by atoms with Gasteiger partial charge in [0.1, 0.15) is 0 Å². The number of benzene rings is 2. The van der Waals surface area contributed by atoms with Crippen LogP contribution in [0.2, 0.25) is 10.0 Å². The Hall–Kier alpha value is -2.90. The fourth-order valence-corrected chi connectivity index (χ4v) is 2.66. The van der Waals surface area contributed by atoms with Crippen molar-refractivity contribution >= 4 is 40.8 Å². The van der Waals surface area contributed by atoms with E-state index >= 15 is 0 Å². The zero-order valence-electron chi connectivity index (χ0n) is 14.0. The summed E-state index contributed by atoms with van der Waals surface area (Å²) in [6, 6.07) is 11.2. The second-order valence-electron chi connectivity index (χ2n) is 5.45. The minimum absolute atomic E-state index is 0.262. The molecule has 0 saturated carbocycles.